The lowest BCUT2D eigenvalue weighted by Gasteiger charge is -2.15. The normalized spacial score (nSPS) is 11.8. The zero-order valence-electron chi connectivity index (χ0n) is 64.5. The third-order valence-corrected chi connectivity index (χ3v) is 22.2. The van der Waals surface area contributed by atoms with Crippen LogP contribution >= 0.6 is 0 Å². The molecule has 12 heteroatoms. The van der Waals surface area contributed by atoms with Crippen molar-refractivity contribution in [1.29, 1.82) is 5.26 Å². The topological polar surface area (TPSA) is 76.2 Å². The summed E-state index contributed by atoms with van der Waals surface area (Å²) in [6.07, 6.45) is 8.57. The van der Waals surface area contributed by atoms with Crippen LogP contribution in [-0.2, 0) is 0 Å². The van der Waals surface area contributed by atoms with Crippen LogP contribution in [0.15, 0.2) is 388 Å². The van der Waals surface area contributed by atoms with E-state index < -0.39 is 0 Å². The molecule has 0 spiro atoms. The highest BCUT2D eigenvalue weighted by atomic mass is 19.1. The van der Waals surface area contributed by atoms with Crippen LogP contribution < -0.4 is 9.47 Å². The third kappa shape index (κ3) is 13.7. The van der Waals surface area contributed by atoms with Crippen molar-refractivity contribution in [3.05, 3.63) is 423 Å². The summed E-state index contributed by atoms with van der Waals surface area (Å²) in [6, 6.07) is 127. The van der Waals surface area contributed by atoms with E-state index >= 15 is 0 Å². The van der Waals surface area contributed by atoms with Crippen molar-refractivity contribution in [1.82, 2.24) is 27.4 Å². The summed E-state index contributed by atoms with van der Waals surface area (Å²) in [5.41, 5.74) is 27.4. The summed E-state index contributed by atoms with van der Waals surface area (Å²) in [4.78, 5) is 3.58. The third-order valence-electron chi connectivity index (χ3n) is 22.2. The highest BCUT2D eigenvalue weighted by molar-refractivity contribution is 6.05. The number of methoxy groups -OCH3 is 2. The second kappa shape index (κ2) is 31.3. The Hall–Kier alpha value is -15.8. The molecule has 0 atom stereocenters. The molecule has 0 saturated heterocycles. The lowest BCUT2D eigenvalue weighted by atomic mass is 10.0. The van der Waals surface area contributed by atoms with E-state index in [1.165, 1.54) is 57.4 Å². The Kier molecular flexibility index (Phi) is 19.2. The molecule has 118 heavy (non-hydrogen) atoms. The van der Waals surface area contributed by atoms with Crippen LogP contribution in [0.2, 0.25) is 0 Å². The van der Waals surface area contributed by atoms with Crippen molar-refractivity contribution < 1.29 is 18.3 Å². The molecule has 0 bridgehead atoms. The molecule has 0 aliphatic heterocycles. The van der Waals surface area contributed by atoms with Crippen molar-refractivity contribution in [2.45, 2.75) is 12.8 Å². The number of aromatic nitrogens is 6. The standard InChI is InChI=1S/C36H24N4.C36H28N2O2.C34H22F2N2/c1-38-30-14-18-32(19-15-30)40-34(27-10-6-3-7-11-27)21-29-22-35-28(23-36(29)40)20-33(26-8-4-2-5-9-26)39(35)31-16-12-25(24-37)13-17-31;1-39-31-17-13-29(14-18-31)37-33(25-9-5-3-6-10-25)21-27-24-36-28(23-35(27)37)22-34(26-11-7-4-8-12-26)38(36)30-15-19-32(40-2)20-16-30;35-27-11-15-29(16-12-27)37-31(23-7-3-1-4-8-23)19-25-21-34-26(22-33(25)37)20-32(24-9-5-2-6-10-24)38(34)30-17-13-28(36)14-18-30/h2-4,6-8,10-23H,5,9H2;3-24H,1-2H3;1-22H. The highest BCUT2D eigenvalue weighted by Gasteiger charge is 2.24. The van der Waals surface area contributed by atoms with Crippen molar-refractivity contribution in [2.75, 3.05) is 14.2 Å². The Morgan fingerprint density at radius 1 is 0.314 bits per heavy atom. The van der Waals surface area contributed by atoms with E-state index in [1.54, 1.807) is 14.2 Å². The molecule has 0 N–H and O–H groups in total. The molecule has 6 heterocycles. The van der Waals surface area contributed by atoms with Crippen molar-refractivity contribution in [3.8, 4) is 108 Å². The number of fused-ring (bicyclic) bond motifs is 6. The Balaban J connectivity index is 0.000000118. The zero-order valence-corrected chi connectivity index (χ0v) is 64.5. The molecule has 564 valence electrons. The van der Waals surface area contributed by atoms with Gasteiger partial charge in [0.1, 0.15) is 23.1 Å². The second-order valence-corrected chi connectivity index (χ2v) is 29.2. The summed E-state index contributed by atoms with van der Waals surface area (Å²) >= 11 is 0. The number of nitrogens with zero attached hydrogens (tertiary/aromatic N) is 8. The lowest BCUT2D eigenvalue weighted by molar-refractivity contribution is 0.414. The smallest absolute Gasteiger partial charge is 0.187 e. The number of nitriles is 1. The summed E-state index contributed by atoms with van der Waals surface area (Å²) in [7, 11) is 3.40. The average Bonchev–Trinajstić information content (AvgIpc) is 1.59. The molecular weight excluding hydrogens is 1460 g/mol. The maximum absolute atomic E-state index is 13.8. The van der Waals surface area contributed by atoms with Crippen LogP contribution in [0.1, 0.15) is 24.1 Å². The number of hydrogen-bond donors (Lipinski definition) is 0. The van der Waals surface area contributed by atoms with E-state index in [9.17, 15) is 14.0 Å². The van der Waals surface area contributed by atoms with Crippen molar-refractivity contribution in [2.24, 2.45) is 0 Å². The van der Waals surface area contributed by atoms with Gasteiger partial charge in [-0.2, -0.15) is 5.26 Å². The quantitative estimate of drug-likeness (QED) is 0.102. The Bertz CT molecular complexity index is 6980. The van der Waals surface area contributed by atoms with E-state index in [0.29, 0.717) is 11.3 Å². The SMILES string of the molecule is COc1ccc(-n2c(-c3ccccc3)cc3cc4c(cc(-c5ccccc5)n4-c4ccc(OC)cc4)cc32)cc1.Fc1ccc(-n2c(-c3ccccc3)cc3cc4c(cc(-c5ccccc5)n4-c4ccc(F)cc4)cc32)cc1.[C-]#[N+]c1ccc(-n2c(-c3ccccc3)cc3cc4c(cc(C5=CC=CCC5)n4-c4ccc(C#N)cc4)cc32)cc1. The molecule has 0 saturated carbocycles. The number of benzene rings is 14. The van der Waals surface area contributed by atoms with Crippen molar-refractivity contribution >= 4 is 76.7 Å². The fourth-order valence-electron chi connectivity index (χ4n) is 16.6. The zero-order chi connectivity index (χ0) is 79.7. The summed E-state index contributed by atoms with van der Waals surface area (Å²) < 4.78 is 52.2. The van der Waals surface area contributed by atoms with Crippen LogP contribution in [0.4, 0.5) is 14.5 Å². The minimum Gasteiger partial charge on any atom is -0.497 e. The molecule has 0 fully saturated rings. The predicted molar refractivity (Wildman–Crippen MR) is 478 cm³/mol. The molecule has 1 aliphatic rings. The van der Waals surface area contributed by atoms with Crippen LogP contribution in [-0.4, -0.2) is 41.6 Å². The molecule has 0 amide bonds. The van der Waals surface area contributed by atoms with E-state index in [4.69, 9.17) is 16.0 Å². The summed E-state index contributed by atoms with van der Waals surface area (Å²) in [5.74, 6) is 1.15. The van der Waals surface area contributed by atoms with Gasteiger partial charge in [-0.25, -0.2) is 13.6 Å². The van der Waals surface area contributed by atoms with Gasteiger partial charge in [-0.05, 0) is 252 Å². The molecular formula is C106H74F2N8O2. The van der Waals surface area contributed by atoms with Gasteiger partial charge in [0.25, 0.3) is 0 Å². The maximum atomic E-state index is 13.8. The lowest BCUT2D eigenvalue weighted by Crippen LogP contribution is -2.01. The number of ether oxygens (including phenoxy) is 2. The van der Waals surface area contributed by atoms with Gasteiger partial charge in [0.2, 0.25) is 0 Å². The largest absolute Gasteiger partial charge is 0.497 e. The number of allylic oxidation sites excluding steroid dienone is 4. The monoisotopic (exact) mass is 1530 g/mol. The molecule has 6 aromatic heterocycles. The summed E-state index contributed by atoms with van der Waals surface area (Å²) in [6.45, 7) is 7.38. The minimum absolute atomic E-state index is 0.266. The minimum atomic E-state index is -0.266. The first-order valence-corrected chi connectivity index (χ1v) is 39.2. The van der Waals surface area contributed by atoms with E-state index in [1.807, 2.05) is 140 Å². The van der Waals surface area contributed by atoms with Gasteiger partial charge in [-0.1, -0.05) is 182 Å². The summed E-state index contributed by atoms with van der Waals surface area (Å²) in [5, 5.41) is 16.1. The number of rotatable bonds is 14. The second-order valence-electron chi connectivity index (χ2n) is 29.2. The number of hydrogen-bond acceptors (Lipinski definition) is 3. The molecule has 14 aromatic carbocycles. The van der Waals surface area contributed by atoms with E-state index in [-0.39, 0.29) is 11.6 Å². The highest BCUT2D eigenvalue weighted by Crippen LogP contribution is 2.44. The van der Waals surface area contributed by atoms with Crippen LogP contribution in [0.5, 0.6) is 11.5 Å². The fraction of sp³-hybridized carbons (Fsp3) is 0.0377. The van der Waals surface area contributed by atoms with Gasteiger partial charge in [0.15, 0.2) is 5.69 Å². The molecule has 21 rings (SSSR count). The van der Waals surface area contributed by atoms with Gasteiger partial charge < -0.3 is 36.9 Å². The first-order valence-electron chi connectivity index (χ1n) is 39.2. The van der Waals surface area contributed by atoms with Crippen molar-refractivity contribution in [3.63, 3.8) is 0 Å². The van der Waals surface area contributed by atoms with E-state index in [0.717, 1.165) is 158 Å². The first-order chi connectivity index (χ1) is 58.1. The van der Waals surface area contributed by atoms with Crippen LogP contribution in [0.25, 0.3) is 166 Å². The maximum Gasteiger partial charge on any atom is 0.187 e. The molecule has 10 nitrogen and oxygen atoms in total. The Morgan fingerprint density at radius 3 is 0.822 bits per heavy atom. The Morgan fingerprint density at radius 2 is 0.568 bits per heavy atom. The Labute approximate surface area is 681 Å². The molecule has 0 radical (unpaired) electrons. The molecule has 0 unspecified atom stereocenters. The van der Waals surface area contributed by atoms with Gasteiger partial charge in [-0.15, -0.1) is 0 Å². The van der Waals surface area contributed by atoms with Gasteiger partial charge >= 0.3 is 0 Å². The fourth-order valence-corrected chi connectivity index (χ4v) is 16.6. The predicted octanol–water partition coefficient (Wildman–Crippen LogP) is 27.5. The van der Waals surface area contributed by atoms with E-state index in [2.05, 4.69) is 263 Å². The average molecular weight is 1530 g/mol. The van der Waals surface area contributed by atoms with Crippen LogP contribution in [0.3, 0.4) is 0 Å². The van der Waals surface area contributed by atoms with Gasteiger partial charge in [0, 0.05) is 66.4 Å². The van der Waals surface area contributed by atoms with Gasteiger partial charge in [0.05, 0.1) is 99.7 Å². The van der Waals surface area contributed by atoms with Gasteiger partial charge in [-0.3, -0.25) is 0 Å². The molecule has 1 aliphatic carbocycles. The molecule has 20 aromatic rings. The first kappa shape index (κ1) is 72.5. The number of halogens is 2. The van der Waals surface area contributed by atoms with Crippen LogP contribution in [0, 0.1) is 29.5 Å².